The Morgan fingerprint density at radius 2 is 1.69 bits per heavy atom. The second-order valence-corrected chi connectivity index (χ2v) is 7.45. The van der Waals surface area contributed by atoms with Crippen LogP contribution in [0.4, 0.5) is 0 Å². The van der Waals surface area contributed by atoms with Crippen molar-refractivity contribution in [3.63, 3.8) is 0 Å². The first-order valence-electron chi connectivity index (χ1n) is 8.72. The molecule has 0 aliphatic carbocycles. The van der Waals surface area contributed by atoms with Crippen molar-refractivity contribution in [1.82, 2.24) is 0 Å². The Bertz CT molecular complexity index is 640. The van der Waals surface area contributed by atoms with Crippen LogP contribution < -0.4 is 5.26 Å². The summed E-state index contributed by atoms with van der Waals surface area (Å²) in [7, 11) is 0. The maximum absolute atomic E-state index is 10.8. The van der Waals surface area contributed by atoms with Gasteiger partial charge in [0, 0.05) is 0 Å². The van der Waals surface area contributed by atoms with E-state index in [9.17, 15) is 5.26 Å². The summed E-state index contributed by atoms with van der Waals surface area (Å²) < 4.78 is 11.2. The Labute approximate surface area is 164 Å². The van der Waals surface area contributed by atoms with E-state index in [0.29, 0.717) is 30.9 Å². The number of hydrogen-bond donors (Lipinski definition) is 0. The smallest absolute Gasteiger partial charge is 0.723 e. The predicted molar refractivity (Wildman–Crippen MR) is 93.1 cm³/mol. The topological polar surface area (TPSA) is 89.6 Å². The first-order chi connectivity index (χ1) is 11.9. The SMILES string of the molecule is CC(C)[C@H]1COC(/C=C2/CC/C(=C/C3=N[C@@H](C(C)(C)O[O-])CO3)[N-]2)=N1.[Ni+2]. The van der Waals surface area contributed by atoms with Crippen LogP contribution in [-0.4, -0.2) is 42.7 Å². The average Bonchev–Trinajstić information content (AvgIpc) is 3.29. The van der Waals surface area contributed by atoms with Gasteiger partial charge < -0.3 is 24.9 Å². The Morgan fingerprint density at radius 3 is 2.23 bits per heavy atom. The summed E-state index contributed by atoms with van der Waals surface area (Å²) in [6.07, 6.45) is 5.40. The Hall–Kier alpha value is -1.37. The van der Waals surface area contributed by atoms with Crippen LogP contribution in [0.25, 0.3) is 5.32 Å². The zero-order valence-electron chi connectivity index (χ0n) is 15.5. The summed E-state index contributed by atoms with van der Waals surface area (Å²) in [6, 6.07) is -0.0736. The van der Waals surface area contributed by atoms with Crippen molar-refractivity contribution in [2.45, 2.75) is 58.2 Å². The molecule has 0 unspecified atom stereocenters. The maximum Gasteiger partial charge on any atom is 2.00 e. The molecule has 0 radical (unpaired) electrons. The molecule has 8 heteroatoms. The second-order valence-electron chi connectivity index (χ2n) is 7.45. The van der Waals surface area contributed by atoms with Gasteiger partial charge in [-0.2, -0.15) is 11.4 Å². The Balaban J connectivity index is 0.00000243. The predicted octanol–water partition coefficient (Wildman–Crippen LogP) is 2.24. The largest absolute Gasteiger partial charge is 2.00 e. The summed E-state index contributed by atoms with van der Waals surface area (Å²) in [5.41, 5.74) is 0.974. The van der Waals surface area contributed by atoms with Crippen LogP contribution in [0.3, 0.4) is 0 Å². The minimum Gasteiger partial charge on any atom is -0.723 e. The molecule has 7 nitrogen and oxygen atoms in total. The summed E-state index contributed by atoms with van der Waals surface area (Å²) in [5.74, 6) is 1.65. The number of allylic oxidation sites excluding steroid dienone is 2. The zero-order chi connectivity index (χ0) is 18.0. The second kappa shape index (κ2) is 8.55. The van der Waals surface area contributed by atoms with Crippen molar-refractivity contribution in [2.75, 3.05) is 13.2 Å². The van der Waals surface area contributed by atoms with Gasteiger partial charge in [0.2, 0.25) is 11.8 Å². The van der Waals surface area contributed by atoms with Crippen LogP contribution >= 0.6 is 0 Å². The van der Waals surface area contributed by atoms with Crippen LogP contribution in [0.2, 0.25) is 0 Å². The molecule has 0 aromatic rings. The third kappa shape index (κ3) is 4.87. The molecule has 2 atom stereocenters. The van der Waals surface area contributed by atoms with E-state index in [2.05, 4.69) is 34.0 Å². The molecule has 0 N–H and O–H groups in total. The number of aliphatic imine (C=N–C) groups is 2. The minimum absolute atomic E-state index is 0. The first-order valence-corrected chi connectivity index (χ1v) is 8.72. The first kappa shape index (κ1) is 20.9. The van der Waals surface area contributed by atoms with E-state index in [-0.39, 0.29) is 28.6 Å². The molecule has 1 saturated heterocycles. The van der Waals surface area contributed by atoms with E-state index in [1.165, 1.54) is 0 Å². The molecule has 0 spiro atoms. The van der Waals surface area contributed by atoms with Gasteiger partial charge in [-0.15, -0.1) is 0 Å². The molecule has 146 valence electrons. The zero-order valence-corrected chi connectivity index (χ0v) is 16.5. The molecule has 3 aliphatic rings. The van der Waals surface area contributed by atoms with Crippen LogP contribution in [0, 0.1) is 5.92 Å². The summed E-state index contributed by atoms with van der Waals surface area (Å²) in [6.45, 7) is 8.69. The molecule has 0 bridgehead atoms. The van der Waals surface area contributed by atoms with Crippen LogP contribution in [-0.2, 0) is 30.9 Å². The van der Waals surface area contributed by atoms with Crippen molar-refractivity contribution in [3.05, 3.63) is 28.9 Å². The van der Waals surface area contributed by atoms with Gasteiger partial charge in [0.25, 0.3) is 0 Å². The molecule has 0 aromatic heterocycles. The van der Waals surface area contributed by atoms with Gasteiger partial charge in [-0.05, 0) is 44.8 Å². The molecule has 3 rings (SSSR count). The third-order valence-corrected chi connectivity index (χ3v) is 4.66. The quantitative estimate of drug-likeness (QED) is 0.398. The molecule has 3 heterocycles. The van der Waals surface area contributed by atoms with E-state index >= 15 is 0 Å². The molecule has 0 saturated carbocycles. The fraction of sp³-hybridized carbons (Fsp3) is 0.667. The van der Waals surface area contributed by atoms with Gasteiger partial charge in [-0.3, -0.25) is 0 Å². The molecule has 0 aromatic carbocycles. The van der Waals surface area contributed by atoms with Gasteiger partial charge in [0.1, 0.15) is 19.3 Å². The van der Waals surface area contributed by atoms with E-state index in [1.54, 1.807) is 13.8 Å². The molecular formula is C18H25N3NiO4. The van der Waals surface area contributed by atoms with E-state index in [1.807, 2.05) is 12.2 Å². The van der Waals surface area contributed by atoms with Crippen LogP contribution in [0.5, 0.6) is 0 Å². The van der Waals surface area contributed by atoms with Crippen molar-refractivity contribution in [3.8, 4) is 0 Å². The van der Waals surface area contributed by atoms with Gasteiger partial charge in [-0.1, -0.05) is 13.8 Å². The summed E-state index contributed by atoms with van der Waals surface area (Å²) in [4.78, 5) is 13.2. The van der Waals surface area contributed by atoms with Crippen molar-refractivity contribution >= 4 is 11.8 Å². The summed E-state index contributed by atoms with van der Waals surface area (Å²) >= 11 is 0. The van der Waals surface area contributed by atoms with Crippen molar-refractivity contribution < 1.29 is 36.1 Å². The minimum atomic E-state index is -0.886. The van der Waals surface area contributed by atoms with Gasteiger partial charge in [0.05, 0.1) is 11.6 Å². The number of nitrogens with zero attached hydrogens (tertiary/aromatic N) is 3. The standard InChI is InChI=1S/C18H26N3O4.Ni/c1-11(2)14-9-23-16(20-14)7-12-5-6-13(19-12)8-17-21-15(10-24-17)18(3,4)25-22;/h7-8,11,14-15,22H,5-6,9-10H2,1-4H3;/q-1;+2/p-1/b12-7-,13-8-;/t14-,15-;/m1./s1. The van der Waals surface area contributed by atoms with Crippen molar-refractivity contribution in [2.24, 2.45) is 15.9 Å². The number of rotatable bonds is 5. The monoisotopic (exact) mass is 405 g/mol. The summed E-state index contributed by atoms with van der Waals surface area (Å²) in [5, 5.41) is 15.4. The Morgan fingerprint density at radius 1 is 1.12 bits per heavy atom. The number of hydrogen-bond acceptors (Lipinski definition) is 6. The average molecular weight is 406 g/mol. The third-order valence-electron chi connectivity index (χ3n) is 4.66. The molecular weight excluding hydrogens is 381 g/mol. The Kier molecular flexibility index (Phi) is 6.88. The fourth-order valence-electron chi connectivity index (χ4n) is 2.76. The normalized spacial score (nSPS) is 28.5. The fourth-order valence-corrected chi connectivity index (χ4v) is 2.76. The molecule has 3 aliphatic heterocycles. The van der Waals surface area contributed by atoms with E-state index < -0.39 is 5.60 Å². The van der Waals surface area contributed by atoms with Crippen LogP contribution in [0.15, 0.2) is 33.5 Å². The van der Waals surface area contributed by atoms with Crippen molar-refractivity contribution in [1.29, 1.82) is 0 Å². The van der Waals surface area contributed by atoms with E-state index in [4.69, 9.17) is 9.47 Å². The van der Waals surface area contributed by atoms with Gasteiger partial charge >= 0.3 is 16.5 Å². The molecule has 0 amide bonds. The van der Waals surface area contributed by atoms with E-state index in [0.717, 1.165) is 24.2 Å². The van der Waals surface area contributed by atoms with Crippen LogP contribution in [0.1, 0.15) is 40.5 Å². The molecule has 1 fully saturated rings. The molecule has 26 heavy (non-hydrogen) atoms. The van der Waals surface area contributed by atoms with Gasteiger partial charge in [-0.25, -0.2) is 9.98 Å². The maximum atomic E-state index is 10.8. The number of ether oxygens (including phenoxy) is 2. The van der Waals surface area contributed by atoms with Gasteiger partial charge in [0.15, 0.2) is 0 Å².